The number of benzene rings is 2. The molecular formula is C38H47N13O4. The number of aryl methyl sites for hydroxylation is 6. The monoisotopic (exact) mass is 749 g/mol. The predicted octanol–water partition coefficient (Wildman–Crippen LogP) is 4.39. The second-order valence-corrected chi connectivity index (χ2v) is 13.5. The number of hydrogen-bond acceptors (Lipinski definition) is 9. The Morgan fingerprint density at radius 2 is 1.38 bits per heavy atom. The molecule has 2 aromatic carbocycles. The smallest absolute Gasteiger partial charge is 0.276 e. The van der Waals surface area contributed by atoms with Gasteiger partial charge in [0.15, 0.2) is 0 Å². The Balaban J connectivity index is 0.00000514. The summed E-state index contributed by atoms with van der Waals surface area (Å²) >= 11 is 0. The fraction of sp³-hybridized carbons (Fsp3) is 0.368. The number of carbonyl (C=O) groups is 4. The topological polar surface area (TPSA) is 196 Å². The van der Waals surface area contributed by atoms with Crippen molar-refractivity contribution >= 4 is 63.3 Å². The number of unbranched alkanes of at least 4 members (excludes halogenated alkanes) is 1. The lowest BCUT2D eigenvalue weighted by atomic mass is 10.2. The van der Waals surface area contributed by atoms with Crippen molar-refractivity contribution in [3.63, 3.8) is 0 Å². The van der Waals surface area contributed by atoms with Crippen LogP contribution in [-0.4, -0.2) is 87.5 Å². The first-order valence-corrected chi connectivity index (χ1v) is 18.0. The van der Waals surface area contributed by atoms with Gasteiger partial charge in [0.1, 0.15) is 16.9 Å². The zero-order valence-corrected chi connectivity index (χ0v) is 31.0. The zero-order chi connectivity index (χ0) is 38.3. The fourth-order valence-corrected chi connectivity index (χ4v) is 6.98. The maximum absolute atomic E-state index is 13.6. The second kappa shape index (κ2) is 15.5. The number of hydrogen-bond donors (Lipinski definition) is 3. The van der Waals surface area contributed by atoms with E-state index in [1.165, 1.54) is 0 Å². The number of para-hydroxylation sites is 1. The Hall–Kier alpha value is -6.36. The third kappa shape index (κ3) is 7.42. The molecule has 4 amide bonds. The highest BCUT2D eigenvalue weighted by molar-refractivity contribution is 6.06. The molecule has 0 unspecified atom stereocenters. The van der Waals surface area contributed by atoms with Crippen LogP contribution < -0.4 is 21.3 Å². The van der Waals surface area contributed by atoms with Crippen LogP contribution in [0.5, 0.6) is 0 Å². The molecule has 0 atom stereocenters. The number of imidazole rings is 2. The number of carbonyl (C=O) groups excluding carboxylic acids is 4. The van der Waals surface area contributed by atoms with Gasteiger partial charge in [-0.1, -0.05) is 13.5 Å². The summed E-state index contributed by atoms with van der Waals surface area (Å²) in [6.45, 7) is 10.2. The minimum Gasteiger partial charge on any atom is -0.366 e. The molecule has 0 saturated carbocycles. The Morgan fingerprint density at radius 3 is 1.93 bits per heavy atom. The van der Waals surface area contributed by atoms with Gasteiger partial charge < -0.3 is 14.9 Å². The van der Waals surface area contributed by atoms with Crippen LogP contribution in [-0.2, 0) is 31.0 Å². The van der Waals surface area contributed by atoms with Gasteiger partial charge in [-0.15, -0.1) is 0 Å². The lowest BCUT2D eigenvalue weighted by Gasteiger charge is -2.16. The Morgan fingerprint density at radius 1 is 0.800 bits per heavy atom. The number of fused-ring (bicyclic) bond motifs is 2. The van der Waals surface area contributed by atoms with Gasteiger partial charge in [-0.05, 0) is 90.0 Å². The van der Waals surface area contributed by atoms with Crippen LogP contribution in [0.15, 0.2) is 48.5 Å². The number of likely N-dealkylation sites (N-methyl/N-ethyl adjacent to an activating group) is 1. The summed E-state index contributed by atoms with van der Waals surface area (Å²) in [4.78, 5) is 65.3. The Labute approximate surface area is 318 Å². The first-order chi connectivity index (χ1) is 25.9. The van der Waals surface area contributed by atoms with Crippen LogP contribution in [0.4, 0.5) is 17.6 Å². The summed E-state index contributed by atoms with van der Waals surface area (Å²) in [6, 6.07) is 14.2. The molecule has 0 radical (unpaired) electrons. The molecule has 0 aliphatic carbocycles. The van der Waals surface area contributed by atoms with Crippen molar-refractivity contribution in [2.45, 2.75) is 74.1 Å². The number of nitrogens with one attached hydrogen (secondary N) is 2. The van der Waals surface area contributed by atoms with Gasteiger partial charge in [0, 0.05) is 31.7 Å². The molecule has 17 heteroatoms. The highest BCUT2D eigenvalue weighted by Crippen LogP contribution is 2.32. The largest absolute Gasteiger partial charge is 0.366 e. The average Bonchev–Trinajstić information content (AvgIpc) is 3.95. The number of anilines is 3. The van der Waals surface area contributed by atoms with Gasteiger partial charge in [0.05, 0.1) is 46.8 Å². The van der Waals surface area contributed by atoms with Gasteiger partial charge >= 0.3 is 0 Å². The summed E-state index contributed by atoms with van der Waals surface area (Å²) in [7, 11) is 1.89. The van der Waals surface area contributed by atoms with Crippen LogP contribution in [0.3, 0.4) is 0 Å². The summed E-state index contributed by atoms with van der Waals surface area (Å²) in [5, 5.41) is 14.8. The van der Waals surface area contributed by atoms with Crippen LogP contribution in [0.2, 0.25) is 0 Å². The quantitative estimate of drug-likeness (QED) is 0.144. The summed E-state index contributed by atoms with van der Waals surface area (Å²) in [6.07, 6.45) is 1.28. The van der Waals surface area contributed by atoms with Crippen LogP contribution in [0.1, 0.15) is 76.8 Å². The summed E-state index contributed by atoms with van der Waals surface area (Å²) in [5.41, 5.74) is 11.4. The SMILES string of the molecule is C.CCn1nc(C)cc1C(=O)Nc1nc2cc(C(N)=O)ccc2n1CCCCn1c(NC(=O)c2cc(C)nn2CC)nc2c(N3CN(C)CC3=O)cccc21. The second-order valence-electron chi connectivity index (χ2n) is 13.5. The molecule has 1 fully saturated rings. The number of aromatic nitrogens is 8. The molecule has 4 aromatic heterocycles. The van der Waals surface area contributed by atoms with Gasteiger partial charge in [0.25, 0.3) is 11.8 Å². The average molecular weight is 750 g/mol. The Bertz CT molecular complexity index is 2430. The van der Waals surface area contributed by atoms with Crippen LogP contribution in [0, 0.1) is 13.8 Å². The molecule has 6 aromatic rings. The minimum atomic E-state index is -0.576. The lowest BCUT2D eigenvalue weighted by molar-refractivity contribution is -0.116. The van der Waals surface area contributed by atoms with Gasteiger partial charge in [-0.3, -0.25) is 49.0 Å². The molecule has 17 nitrogen and oxygen atoms in total. The normalized spacial score (nSPS) is 13.2. The minimum absolute atomic E-state index is 0. The van der Waals surface area contributed by atoms with E-state index in [9.17, 15) is 19.2 Å². The van der Waals surface area contributed by atoms with E-state index in [4.69, 9.17) is 15.7 Å². The van der Waals surface area contributed by atoms with E-state index in [-0.39, 0.29) is 25.1 Å². The number of primary amides is 1. The van der Waals surface area contributed by atoms with Crippen molar-refractivity contribution in [1.29, 1.82) is 0 Å². The van der Waals surface area contributed by atoms with E-state index in [1.807, 2.05) is 67.0 Å². The van der Waals surface area contributed by atoms with Crippen molar-refractivity contribution in [2.75, 3.05) is 35.8 Å². The molecule has 1 aliphatic heterocycles. The van der Waals surface area contributed by atoms with E-state index in [2.05, 4.69) is 20.8 Å². The molecule has 1 aliphatic rings. The van der Waals surface area contributed by atoms with E-state index in [0.29, 0.717) is 97.8 Å². The molecule has 288 valence electrons. The molecule has 0 spiro atoms. The van der Waals surface area contributed by atoms with Crippen molar-refractivity contribution in [1.82, 2.24) is 43.6 Å². The van der Waals surface area contributed by atoms with E-state index in [1.54, 1.807) is 44.6 Å². The van der Waals surface area contributed by atoms with Crippen LogP contribution in [0.25, 0.3) is 22.1 Å². The number of amides is 4. The van der Waals surface area contributed by atoms with Crippen molar-refractivity contribution in [2.24, 2.45) is 5.73 Å². The summed E-state index contributed by atoms with van der Waals surface area (Å²) in [5.74, 6) is -0.618. The lowest BCUT2D eigenvalue weighted by Crippen LogP contribution is -2.26. The summed E-state index contributed by atoms with van der Waals surface area (Å²) < 4.78 is 7.16. The molecule has 4 N–H and O–H groups in total. The standard InChI is InChI=1S/C37H43N13O4.CH4/c1-6-49-29(17-22(3)43-49)34(53)41-36-39-25-19-24(33(38)52)13-14-26(25)46(36)15-8-9-16-47-27-11-10-12-28(48-21-45(5)20-31(48)51)32(27)40-37(47)42-35(54)30-18-23(4)44-50(30)7-2;/h10-14,17-19H,6-9,15-16,20-21H2,1-5H3,(H2,38,52)(H,39,41,53)(H,40,42,54);1H4. The van der Waals surface area contributed by atoms with Crippen molar-refractivity contribution in [3.05, 3.63) is 76.9 Å². The zero-order valence-electron chi connectivity index (χ0n) is 31.0. The maximum atomic E-state index is 13.6. The van der Waals surface area contributed by atoms with E-state index in [0.717, 1.165) is 22.4 Å². The highest BCUT2D eigenvalue weighted by atomic mass is 16.2. The molecule has 0 bridgehead atoms. The number of rotatable bonds is 13. The predicted molar refractivity (Wildman–Crippen MR) is 210 cm³/mol. The van der Waals surface area contributed by atoms with E-state index < -0.39 is 5.91 Å². The number of nitrogens with zero attached hydrogens (tertiary/aromatic N) is 10. The maximum Gasteiger partial charge on any atom is 0.276 e. The fourth-order valence-electron chi connectivity index (χ4n) is 6.98. The molecule has 55 heavy (non-hydrogen) atoms. The van der Waals surface area contributed by atoms with E-state index >= 15 is 0 Å². The van der Waals surface area contributed by atoms with Crippen molar-refractivity contribution < 1.29 is 19.2 Å². The van der Waals surface area contributed by atoms with Crippen LogP contribution >= 0.6 is 0 Å². The first kappa shape index (κ1) is 38.4. The number of nitrogens with two attached hydrogens (primary N) is 1. The first-order valence-electron chi connectivity index (χ1n) is 18.0. The van der Waals surface area contributed by atoms with Crippen molar-refractivity contribution in [3.8, 4) is 0 Å². The van der Waals surface area contributed by atoms with Gasteiger partial charge in [0.2, 0.25) is 23.7 Å². The molecule has 7 rings (SSSR count). The molecular weight excluding hydrogens is 703 g/mol. The van der Waals surface area contributed by atoms with Gasteiger partial charge in [-0.25, -0.2) is 9.97 Å². The third-order valence-corrected chi connectivity index (χ3v) is 9.50. The Kier molecular flexibility index (Phi) is 10.8. The molecule has 1 saturated heterocycles. The third-order valence-electron chi connectivity index (χ3n) is 9.50. The molecule has 5 heterocycles. The highest BCUT2D eigenvalue weighted by Gasteiger charge is 2.29. The van der Waals surface area contributed by atoms with Gasteiger partial charge in [-0.2, -0.15) is 10.2 Å².